The van der Waals surface area contributed by atoms with Crippen LogP contribution in [0.25, 0.3) is 0 Å². The lowest BCUT2D eigenvalue weighted by Gasteiger charge is -2.08. The highest BCUT2D eigenvalue weighted by Gasteiger charge is 2.00. The van der Waals surface area contributed by atoms with Gasteiger partial charge in [-0.25, -0.2) is 4.68 Å². The monoisotopic (exact) mass is 304 g/mol. The first kappa shape index (κ1) is 15.6. The molecule has 1 aromatic carbocycles. The Morgan fingerprint density at radius 2 is 2.05 bits per heavy atom. The summed E-state index contributed by atoms with van der Waals surface area (Å²) in [5.41, 5.74) is 0.695. The van der Waals surface area contributed by atoms with Crippen LogP contribution in [0.15, 0.2) is 52.3 Å². The number of anilines is 1. The smallest absolute Gasteiger partial charge is 0.268 e. The molecule has 0 aliphatic carbocycles. The summed E-state index contributed by atoms with van der Waals surface area (Å²) >= 11 is 1.72. The fourth-order valence-electron chi connectivity index (χ4n) is 1.80. The lowest BCUT2D eigenvalue weighted by atomic mass is 10.4. The number of aromatic nitrogens is 2. The van der Waals surface area contributed by atoms with Gasteiger partial charge in [0, 0.05) is 29.8 Å². The van der Waals surface area contributed by atoms with Crippen molar-refractivity contribution in [1.82, 2.24) is 15.1 Å². The van der Waals surface area contributed by atoms with Crippen LogP contribution in [0.2, 0.25) is 0 Å². The SMILES string of the molecule is CNCCNc1cnn(CCSc2ccccc2)c(=O)c1. The number of aryl methyl sites for hydroxylation is 1. The van der Waals surface area contributed by atoms with Gasteiger partial charge in [0.2, 0.25) is 0 Å². The summed E-state index contributed by atoms with van der Waals surface area (Å²) in [6.45, 7) is 2.22. The number of rotatable bonds is 8. The van der Waals surface area contributed by atoms with E-state index in [0.29, 0.717) is 6.54 Å². The quantitative estimate of drug-likeness (QED) is 0.574. The lowest BCUT2D eigenvalue weighted by molar-refractivity contribution is 0.621. The summed E-state index contributed by atoms with van der Waals surface area (Å²) in [5.74, 6) is 0.823. The van der Waals surface area contributed by atoms with Crippen molar-refractivity contribution in [3.05, 3.63) is 52.9 Å². The van der Waals surface area contributed by atoms with Crippen LogP contribution >= 0.6 is 11.8 Å². The Hall–Kier alpha value is -1.79. The number of nitrogens with zero attached hydrogens (tertiary/aromatic N) is 2. The van der Waals surface area contributed by atoms with E-state index >= 15 is 0 Å². The minimum Gasteiger partial charge on any atom is -0.382 e. The zero-order valence-electron chi connectivity index (χ0n) is 12.1. The summed E-state index contributed by atoms with van der Waals surface area (Å²) < 4.78 is 1.50. The molecule has 21 heavy (non-hydrogen) atoms. The van der Waals surface area contributed by atoms with E-state index < -0.39 is 0 Å². The number of likely N-dealkylation sites (N-methyl/N-ethyl adjacent to an activating group) is 1. The third-order valence-corrected chi connectivity index (χ3v) is 3.88. The molecule has 112 valence electrons. The number of thioether (sulfide) groups is 1. The van der Waals surface area contributed by atoms with Crippen molar-refractivity contribution in [2.45, 2.75) is 11.4 Å². The first-order valence-electron chi connectivity index (χ1n) is 6.93. The fraction of sp³-hybridized carbons (Fsp3) is 0.333. The van der Waals surface area contributed by atoms with Gasteiger partial charge >= 0.3 is 0 Å². The molecule has 5 nitrogen and oxygen atoms in total. The Morgan fingerprint density at radius 1 is 1.24 bits per heavy atom. The molecule has 0 aliphatic rings. The van der Waals surface area contributed by atoms with Gasteiger partial charge in [-0.05, 0) is 19.2 Å². The Kier molecular flexibility index (Phi) is 6.30. The van der Waals surface area contributed by atoms with Gasteiger partial charge in [-0.2, -0.15) is 5.10 Å². The molecule has 2 aromatic rings. The van der Waals surface area contributed by atoms with E-state index in [1.54, 1.807) is 24.0 Å². The van der Waals surface area contributed by atoms with Gasteiger partial charge < -0.3 is 10.6 Å². The van der Waals surface area contributed by atoms with Crippen LogP contribution < -0.4 is 16.2 Å². The molecule has 0 bridgehead atoms. The van der Waals surface area contributed by atoms with E-state index in [1.807, 2.05) is 25.2 Å². The first-order valence-corrected chi connectivity index (χ1v) is 7.91. The van der Waals surface area contributed by atoms with Crippen LogP contribution in [0, 0.1) is 0 Å². The maximum Gasteiger partial charge on any atom is 0.268 e. The molecule has 0 radical (unpaired) electrons. The van der Waals surface area contributed by atoms with Crippen LogP contribution in [0.1, 0.15) is 0 Å². The van der Waals surface area contributed by atoms with Crippen molar-refractivity contribution < 1.29 is 0 Å². The highest BCUT2D eigenvalue weighted by Crippen LogP contribution is 2.16. The molecule has 1 heterocycles. The highest BCUT2D eigenvalue weighted by atomic mass is 32.2. The molecule has 0 unspecified atom stereocenters. The third kappa shape index (κ3) is 5.24. The van der Waals surface area contributed by atoms with Gasteiger partial charge in [-0.3, -0.25) is 4.79 Å². The summed E-state index contributed by atoms with van der Waals surface area (Å²) in [6.07, 6.45) is 1.70. The van der Waals surface area contributed by atoms with E-state index in [-0.39, 0.29) is 5.56 Å². The molecule has 0 atom stereocenters. The second-order valence-corrected chi connectivity index (χ2v) is 5.67. The van der Waals surface area contributed by atoms with Crippen LogP contribution in [0.4, 0.5) is 5.69 Å². The van der Waals surface area contributed by atoms with Crippen LogP contribution in [0.5, 0.6) is 0 Å². The van der Waals surface area contributed by atoms with Gasteiger partial charge in [0.25, 0.3) is 5.56 Å². The summed E-state index contributed by atoms with van der Waals surface area (Å²) in [7, 11) is 1.89. The standard InChI is InChI=1S/C15H20N4OS/c1-16-7-8-17-13-11-15(20)19(18-12-13)9-10-21-14-5-3-2-4-6-14/h2-6,11-12,16-17H,7-10H2,1H3. The molecule has 6 heteroatoms. The Balaban J connectivity index is 1.85. The Morgan fingerprint density at radius 3 is 2.76 bits per heavy atom. The highest BCUT2D eigenvalue weighted by molar-refractivity contribution is 7.99. The number of hydrogen-bond donors (Lipinski definition) is 2. The first-order chi connectivity index (χ1) is 10.3. The predicted molar refractivity (Wildman–Crippen MR) is 88.1 cm³/mol. The fourth-order valence-corrected chi connectivity index (χ4v) is 2.65. The summed E-state index contributed by atoms with van der Waals surface area (Å²) in [6, 6.07) is 11.7. The van der Waals surface area contributed by atoms with Crippen molar-refractivity contribution in [3.63, 3.8) is 0 Å². The van der Waals surface area contributed by atoms with Gasteiger partial charge in [0.1, 0.15) is 0 Å². The predicted octanol–water partition coefficient (Wildman–Crippen LogP) is 1.67. The molecular formula is C15H20N4OS. The van der Waals surface area contributed by atoms with Crippen molar-refractivity contribution in [2.24, 2.45) is 0 Å². The van der Waals surface area contributed by atoms with Crippen LogP contribution in [-0.2, 0) is 6.54 Å². The minimum absolute atomic E-state index is 0.0712. The zero-order valence-corrected chi connectivity index (χ0v) is 12.9. The van der Waals surface area contributed by atoms with Gasteiger partial charge in [-0.15, -0.1) is 11.8 Å². The van der Waals surface area contributed by atoms with Crippen molar-refractivity contribution >= 4 is 17.4 Å². The normalized spacial score (nSPS) is 10.5. The van der Waals surface area contributed by atoms with Crippen molar-refractivity contribution in [3.8, 4) is 0 Å². The number of benzene rings is 1. The van der Waals surface area contributed by atoms with Gasteiger partial charge in [0.15, 0.2) is 0 Å². The summed E-state index contributed by atoms with van der Waals surface area (Å²) in [4.78, 5) is 13.2. The van der Waals surface area contributed by atoms with Crippen LogP contribution in [-0.4, -0.2) is 35.7 Å². The van der Waals surface area contributed by atoms with E-state index in [9.17, 15) is 4.79 Å². The maximum absolute atomic E-state index is 12.0. The van der Waals surface area contributed by atoms with Crippen molar-refractivity contribution in [1.29, 1.82) is 0 Å². The molecule has 0 spiro atoms. The average Bonchev–Trinajstić information content (AvgIpc) is 2.51. The van der Waals surface area contributed by atoms with E-state index in [4.69, 9.17) is 0 Å². The molecular weight excluding hydrogens is 284 g/mol. The van der Waals surface area contributed by atoms with E-state index in [1.165, 1.54) is 9.58 Å². The molecule has 0 fully saturated rings. The molecule has 0 aliphatic heterocycles. The molecule has 0 saturated heterocycles. The summed E-state index contributed by atoms with van der Waals surface area (Å²) in [5, 5.41) is 10.4. The third-order valence-electron chi connectivity index (χ3n) is 2.89. The maximum atomic E-state index is 12.0. The molecule has 2 rings (SSSR count). The van der Waals surface area contributed by atoms with Gasteiger partial charge in [0.05, 0.1) is 18.4 Å². The molecule has 2 N–H and O–H groups in total. The van der Waals surface area contributed by atoms with Crippen LogP contribution in [0.3, 0.4) is 0 Å². The Labute approximate surface area is 128 Å². The number of hydrogen-bond acceptors (Lipinski definition) is 5. The second-order valence-electron chi connectivity index (χ2n) is 4.50. The average molecular weight is 304 g/mol. The molecule has 0 amide bonds. The molecule has 1 aromatic heterocycles. The van der Waals surface area contributed by atoms with E-state index in [0.717, 1.165) is 24.5 Å². The Bertz CT molecular complexity index is 600. The largest absolute Gasteiger partial charge is 0.382 e. The van der Waals surface area contributed by atoms with E-state index in [2.05, 4.69) is 27.9 Å². The second kappa shape index (κ2) is 8.49. The zero-order chi connectivity index (χ0) is 14.9. The van der Waals surface area contributed by atoms with Crippen molar-refractivity contribution in [2.75, 3.05) is 31.2 Å². The minimum atomic E-state index is -0.0712. The lowest BCUT2D eigenvalue weighted by Crippen LogP contribution is -2.24. The van der Waals surface area contributed by atoms with Gasteiger partial charge in [-0.1, -0.05) is 18.2 Å². The topological polar surface area (TPSA) is 59.0 Å². The number of nitrogens with one attached hydrogen (secondary N) is 2. The molecule has 0 saturated carbocycles.